The van der Waals surface area contributed by atoms with Crippen molar-refractivity contribution in [1.29, 1.82) is 0 Å². The van der Waals surface area contributed by atoms with Crippen LogP contribution in [0.4, 0.5) is 14.5 Å². The maximum atomic E-state index is 14.8. The molecule has 0 bridgehead atoms. The minimum atomic E-state index is -2.30. The van der Waals surface area contributed by atoms with Crippen molar-refractivity contribution in [2.24, 2.45) is 11.8 Å². The predicted molar refractivity (Wildman–Crippen MR) is 135 cm³/mol. The van der Waals surface area contributed by atoms with Crippen LogP contribution in [0, 0.1) is 23.5 Å². The minimum absolute atomic E-state index is 0.00475. The summed E-state index contributed by atoms with van der Waals surface area (Å²) in [6.07, 6.45) is 1.29. The number of halogens is 2. The van der Waals surface area contributed by atoms with Gasteiger partial charge in [-0.15, -0.1) is 0 Å². The summed E-state index contributed by atoms with van der Waals surface area (Å²) in [6.45, 7) is 5.72. The molecule has 37 heavy (non-hydrogen) atoms. The number of hydrogen-bond acceptors (Lipinski definition) is 5. The largest absolute Gasteiger partial charge is 0.481 e. The summed E-state index contributed by atoms with van der Waals surface area (Å²) >= 11 is 0. The molecule has 1 aromatic carbocycles. The molecule has 4 rings (SSSR count). The summed E-state index contributed by atoms with van der Waals surface area (Å²) in [5, 5.41) is 11.7. The van der Waals surface area contributed by atoms with Crippen LogP contribution < -0.4 is 15.2 Å². The summed E-state index contributed by atoms with van der Waals surface area (Å²) in [6, 6.07) is 4.43. The summed E-state index contributed by atoms with van der Waals surface area (Å²) in [5.41, 5.74) is 1.08. The van der Waals surface area contributed by atoms with Gasteiger partial charge in [-0.25, -0.2) is 13.8 Å². The molecule has 2 amide bonds. The van der Waals surface area contributed by atoms with E-state index in [4.69, 9.17) is 9.84 Å². The predicted octanol–water partition coefficient (Wildman–Crippen LogP) is 3.48. The maximum absolute atomic E-state index is 14.8. The lowest BCUT2D eigenvalue weighted by molar-refractivity contribution is -0.149. The average molecular weight is 532 g/mol. The molecule has 1 aromatic heterocycles. The van der Waals surface area contributed by atoms with Crippen LogP contribution in [0.3, 0.4) is 0 Å². The van der Waals surface area contributed by atoms with Crippen LogP contribution in [-0.4, -0.2) is 54.5 Å². The number of carboxylic acid groups (broad SMARTS) is 1. The molecule has 11 heteroatoms. The summed E-state index contributed by atoms with van der Waals surface area (Å²) in [4.78, 5) is 43.9. The molecule has 198 valence electrons. The first-order valence-electron chi connectivity index (χ1n) is 12.3. The van der Waals surface area contributed by atoms with Gasteiger partial charge >= 0.3 is 5.97 Å². The van der Waals surface area contributed by atoms with Crippen molar-refractivity contribution in [3.8, 4) is 5.88 Å². The van der Waals surface area contributed by atoms with Gasteiger partial charge in [0.25, 0.3) is 5.91 Å². The molecular formula is C26H31F2N3O5Si. The Bertz CT molecular complexity index is 1220. The third-order valence-electron chi connectivity index (χ3n) is 7.03. The molecule has 2 aliphatic rings. The van der Waals surface area contributed by atoms with E-state index in [9.17, 15) is 23.2 Å². The van der Waals surface area contributed by atoms with E-state index in [1.54, 1.807) is 12.1 Å². The molecule has 2 N–H and O–H groups in total. The highest BCUT2D eigenvalue weighted by Gasteiger charge is 2.43. The number of carbonyl (C=O) groups is 3. The standard InChI is InChI=1S/C26H31F2N3O5Si/c1-36-21-6-5-17-20(30-21)7-8-31(26(35)15-9-14(10-15)11-22(32)33)23(17)25(34)29-16-12-18(27)24(19(28)13-16)37(2,3)4/h5-6,12-15,23H,7-11H2,1-4H3,(H,29,34)(H,32,33)/t14-,15+,23?. The van der Waals surface area contributed by atoms with Crippen LogP contribution in [0.25, 0.3) is 0 Å². The first kappa shape index (κ1) is 26.7. The number of amides is 2. The molecule has 0 radical (unpaired) electrons. The minimum Gasteiger partial charge on any atom is -0.481 e. The normalized spacial score (nSPS) is 21.0. The molecule has 1 fully saturated rings. The molecule has 1 saturated carbocycles. The Morgan fingerprint density at radius 2 is 1.81 bits per heavy atom. The van der Waals surface area contributed by atoms with Gasteiger partial charge in [-0.05, 0) is 37.0 Å². The van der Waals surface area contributed by atoms with E-state index in [1.165, 1.54) is 12.0 Å². The van der Waals surface area contributed by atoms with Crippen LogP contribution in [-0.2, 0) is 20.8 Å². The molecule has 0 saturated heterocycles. The van der Waals surface area contributed by atoms with Crippen LogP contribution in [0.15, 0.2) is 24.3 Å². The Balaban J connectivity index is 1.62. The quantitative estimate of drug-likeness (QED) is 0.530. The number of benzene rings is 1. The lowest BCUT2D eigenvalue weighted by Gasteiger charge is -2.41. The molecule has 2 heterocycles. The van der Waals surface area contributed by atoms with Crippen LogP contribution in [0.1, 0.15) is 36.6 Å². The third kappa shape index (κ3) is 5.51. The van der Waals surface area contributed by atoms with Crippen molar-refractivity contribution in [1.82, 2.24) is 9.88 Å². The Labute approximate surface area is 215 Å². The molecule has 2 aromatic rings. The zero-order chi connectivity index (χ0) is 27.1. The van der Waals surface area contributed by atoms with E-state index in [-0.39, 0.29) is 41.6 Å². The molecule has 0 spiro atoms. The number of ether oxygens (including phenoxy) is 1. The molecule has 1 aliphatic carbocycles. The zero-order valence-electron chi connectivity index (χ0n) is 21.3. The van der Waals surface area contributed by atoms with Crippen LogP contribution in [0.5, 0.6) is 5.88 Å². The van der Waals surface area contributed by atoms with Crippen molar-refractivity contribution in [3.05, 3.63) is 47.2 Å². The van der Waals surface area contributed by atoms with Gasteiger partial charge in [0.05, 0.1) is 20.9 Å². The highest BCUT2D eigenvalue weighted by atomic mass is 28.3. The van der Waals surface area contributed by atoms with Crippen LogP contribution in [0.2, 0.25) is 19.6 Å². The van der Waals surface area contributed by atoms with Gasteiger partial charge in [-0.1, -0.05) is 19.6 Å². The average Bonchev–Trinajstić information content (AvgIpc) is 2.77. The smallest absolute Gasteiger partial charge is 0.303 e. The van der Waals surface area contributed by atoms with E-state index in [1.807, 2.05) is 19.6 Å². The topological polar surface area (TPSA) is 109 Å². The van der Waals surface area contributed by atoms with E-state index in [2.05, 4.69) is 10.3 Å². The van der Waals surface area contributed by atoms with Crippen molar-refractivity contribution in [2.45, 2.75) is 51.4 Å². The van der Waals surface area contributed by atoms with Gasteiger partial charge in [0.1, 0.15) is 17.7 Å². The zero-order valence-corrected chi connectivity index (χ0v) is 22.3. The molecule has 8 nitrogen and oxygen atoms in total. The highest BCUT2D eigenvalue weighted by molar-refractivity contribution is 6.88. The lowest BCUT2D eigenvalue weighted by Crippen LogP contribution is -2.50. The van der Waals surface area contributed by atoms with Crippen molar-refractivity contribution in [3.63, 3.8) is 0 Å². The number of carbonyl (C=O) groups excluding carboxylic acids is 2. The van der Waals surface area contributed by atoms with Gasteiger partial charge < -0.3 is 20.1 Å². The Morgan fingerprint density at radius 1 is 1.16 bits per heavy atom. The fourth-order valence-electron chi connectivity index (χ4n) is 5.26. The summed E-state index contributed by atoms with van der Waals surface area (Å²) in [5.74, 6) is -3.25. The number of aromatic nitrogens is 1. The first-order valence-corrected chi connectivity index (χ1v) is 15.8. The first-order chi connectivity index (χ1) is 17.4. The highest BCUT2D eigenvalue weighted by Crippen LogP contribution is 2.40. The number of nitrogens with zero attached hydrogens (tertiary/aromatic N) is 2. The number of carboxylic acids is 1. The van der Waals surface area contributed by atoms with Crippen molar-refractivity contribution < 1.29 is 33.0 Å². The van der Waals surface area contributed by atoms with Crippen LogP contribution >= 0.6 is 0 Å². The Kier molecular flexibility index (Phi) is 7.36. The number of methoxy groups -OCH3 is 1. The summed E-state index contributed by atoms with van der Waals surface area (Å²) < 4.78 is 34.9. The lowest BCUT2D eigenvalue weighted by atomic mass is 9.72. The number of fused-ring (bicyclic) bond motifs is 1. The van der Waals surface area contributed by atoms with Gasteiger partial charge in [0.2, 0.25) is 11.8 Å². The maximum Gasteiger partial charge on any atom is 0.303 e. The van der Waals surface area contributed by atoms with Crippen molar-refractivity contribution >= 4 is 36.7 Å². The molecule has 1 atom stereocenters. The number of anilines is 1. The third-order valence-corrected chi connectivity index (χ3v) is 9.01. The van der Waals surface area contributed by atoms with E-state index >= 15 is 0 Å². The fraction of sp³-hybridized carbons (Fsp3) is 0.462. The number of aliphatic carboxylic acids is 1. The Hall–Kier alpha value is -3.34. The monoisotopic (exact) mass is 531 g/mol. The van der Waals surface area contributed by atoms with Gasteiger partial charge in [0.15, 0.2) is 0 Å². The molecule has 1 unspecified atom stereocenters. The van der Waals surface area contributed by atoms with Gasteiger partial charge in [-0.2, -0.15) is 0 Å². The van der Waals surface area contributed by atoms with Gasteiger partial charge in [-0.3, -0.25) is 14.4 Å². The Morgan fingerprint density at radius 3 is 2.38 bits per heavy atom. The number of pyridine rings is 1. The van der Waals surface area contributed by atoms with Crippen molar-refractivity contribution in [2.75, 3.05) is 19.0 Å². The van der Waals surface area contributed by atoms with Gasteiger partial charge in [0, 0.05) is 47.8 Å². The summed E-state index contributed by atoms with van der Waals surface area (Å²) in [7, 11) is -0.818. The second kappa shape index (κ2) is 10.2. The van der Waals surface area contributed by atoms with E-state index in [0.717, 1.165) is 12.1 Å². The molecule has 1 aliphatic heterocycles. The van der Waals surface area contributed by atoms with E-state index < -0.39 is 37.6 Å². The molecular weight excluding hydrogens is 500 g/mol. The second-order valence-corrected chi connectivity index (χ2v) is 15.8. The fourth-order valence-corrected chi connectivity index (χ4v) is 6.83. The number of nitrogens with one attached hydrogen (secondary N) is 1. The number of hydrogen-bond donors (Lipinski definition) is 2. The SMILES string of the molecule is COc1ccc2c(n1)CCN(C(=O)[C@H]1C[C@@H](CC(=O)O)C1)C2C(=O)Nc1cc(F)c([Si](C)(C)C)c(F)c1. The number of rotatable bonds is 7. The second-order valence-electron chi connectivity index (χ2n) is 10.8. The van der Waals surface area contributed by atoms with E-state index in [0.29, 0.717) is 36.4 Å².